The van der Waals surface area contributed by atoms with Gasteiger partial charge in [-0.25, -0.2) is 0 Å². The van der Waals surface area contributed by atoms with E-state index in [0.717, 1.165) is 25.1 Å². The summed E-state index contributed by atoms with van der Waals surface area (Å²) in [5.74, 6) is 0. The Labute approximate surface area is 77.3 Å². The van der Waals surface area contributed by atoms with Gasteiger partial charge in [-0.05, 0) is 26.3 Å². The molecule has 2 rings (SSSR count). The molecule has 4 heteroatoms. The topological polar surface area (TPSA) is 47.3 Å². The van der Waals surface area contributed by atoms with Crippen LogP contribution in [0.3, 0.4) is 0 Å². The molecular weight excluding hydrogens is 168 g/mol. The summed E-state index contributed by atoms with van der Waals surface area (Å²) in [7, 11) is 1.88. The van der Waals surface area contributed by atoms with E-state index in [4.69, 9.17) is 9.15 Å². The summed E-state index contributed by atoms with van der Waals surface area (Å²) < 4.78 is 10.6. The molecule has 13 heavy (non-hydrogen) atoms. The Hall–Kier alpha value is -1.03. The molecule has 0 unspecified atom stereocenters. The van der Waals surface area contributed by atoms with Crippen molar-refractivity contribution in [1.82, 2.24) is 10.3 Å². The van der Waals surface area contributed by atoms with Crippen molar-refractivity contribution in [3.8, 4) is 6.08 Å². The van der Waals surface area contributed by atoms with Gasteiger partial charge in [0.15, 0.2) is 0 Å². The van der Waals surface area contributed by atoms with Crippen LogP contribution in [0.1, 0.15) is 25.0 Å². The minimum Gasteiger partial charge on any atom is -0.447 e. The van der Waals surface area contributed by atoms with Gasteiger partial charge in [0.05, 0.1) is 5.69 Å². The van der Waals surface area contributed by atoms with Gasteiger partial charge >= 0.3 is 6.08 Å². The van der Waals surface area contributed by atoms with Crippen LogP contribution in [0, 0.1) is 0 Å². The summed E-state index contributed by atoms with van der Waals surface area (Å²) in [4.78, 5) is 4.17. The van der Waals surface area contributed by atoms with Crippen LogP contribution in [-0.2, 0) is 6.54 Å². The van der Waals surface area contributed by atoms with Crippen molar-refractivity contribution in [1.29, 1.82) is 0 Å². The standard InChI is InChI=1S/C9H14N2O2/c1-10-5-7-6-12-9(11-7)13-8-3-2-4-8/h6,8,10H,2-5H2,1H3. The van der Waals surface area contributed by atoms with Gasteiger partial charge in [0.2, 0.25) is 0 Å². The molecule has 0 aliphatic heterocycles. The van der Waals surface area contributed by atoms with E-state index in [0.29, 0.717) is 12.2 Å². The van der Waals surface area contributed by atoms with Crippen molar-refractivity contribution >= 4 is 0 Å². The molecule has 1 aromatic rings. The lowest BCUT2D eigenvalue weighted by Gasteiger charge is -2.23. The predicted molar refractivity (Wildman–Crippen MR) is 47.5 cm³/mol. The van der Waals surface area contributed by atoms with Gasteiger partial charge in [0.25, 0.3) is 0 Å². The number of ether oxygens (including phenoxy) is 1. The third-order valence-electron chi connectivity index (χ3n) is 2.21. The Balaban J connectivity index is 1.88. The van der Waals surface area contributed by atoms with E-state index >= 15 is 0 Å². The zero-order chi connectivity index (χ0) is 9.10. The second kappa shape index (κ2) is 3.79. The lowest BCUT2D eigenvalue weighted by atomic mass is 9.96. The largest absolute Gasteiger partial charge is 0.447 e. The third-order valence-corrected chi connectivity index (χ3v) is 2.21. The van der Waals surface area contributed by atoms with Crippen LogP contribution >= 0.6 is 0 Å². The normalized spacial score (nSPS) is 17.0. The van der Waals surface area contributed by atoms with Gasteiger partial charge in [-0.15, -0.1) is 0 Å². The van der Waals surface area contributed by atoms with Gasteiger partial charge in [-0.1, -0.05) is 0 Å². The Morgan fingerprint density at radius 3 is 3.15 bits per heavy atom. The Morgan fingerprint density at radius 2 is 2.54 bits per heavy atom. The van der Waals surface area contributed by atoms with E-state index in [1.54, 1.807) is 6.26 Å². The van der Waals surface area contributed by atoms with Gasteiger partial charge in [0, 0.05) is 6.54 Å². The summed E-state index contributed by atoms with van der Waals surface area (Å²) in [5.41, 5.74) is 0.886. The summed E-state index contributed by atoms with van der Waals surface area (Å²) in [6.45, 7) is 0.720. The van der Waals surface area contributed by atoms with Crippen LogP contribution < -0.4 is 10.1 Å². The lowest BCUT2D eigenvalue weighted by molar-refractivity contribution is 0.0834. The molecule has 0 aromatic carbocycles. The minimum absolute atomic E-state index is 0.334. The van der Waals surface area contributed by atoms with E-state index in [-0.39, 0.29) is 0 Å². The fraction of sp³-hybridized carbons (Fsp3) is 0.667. The van der Waals surface area contributed by atoms with Crippen LogP contribution in [0.2, 0.25) is 0 Å². The Bertz CT molecular complexity index is 268. The molecule has 1 fully saturated rings. The average molecular weight is 182 g/mol. The van der Waals surface area contributed by atoms with E-state index in [1.807, 2.05) is 7.05 Å². The fourth-order valence-corrected chi connectivity index (χ4v) is 1.24. The first-order valence-electron chi connectivity index (χ1n) is 4.64. The number of aromatic nitrogens is 1. The van der Waals surface area contributed by atoms with Crippen molar-refractivity contribution in [3.05, 3.63) is 12.0 Å². The first-order valence-corrected chi connectivity index (χ1v) is 4.64. The highest BCUT2D eigenvalue weighted by molar-refractivity contribution is 5.00. The van der Waals surface area contributed by atoms with Crippen LogP contribution in [0.15, 0.2) is 10.7 Å². The highest BCUT2D eigenvalue weighted by Gasteiger charge is 2.21. The SMILES string of the molecule is CNCc1coc(OC2CCC2)n1. The van der Waals surface area contributed by atoms with Crippen molar-refractivity contribution in [3.63, 3.8) is 0 Å². The second-order valence-corrected chi connectivity index (χ2v) is 3.31. The van der Waals surface area contributed by atoms with Crippen LogP contribution in [0.5, 0.6) is 6.08 Å². The smallest absolute Gasteiger partial charge is 0.394 e. The summed E-state index contributed by atoms with van der Waals surface area (Å²) in [6.07, 6.45) is 5.89. The zero-order valence-corrected chi connectivity index (χ0v) is 7.75. The summed E-state index contributed by atoms with van der Waals surface area (Å²) >= 11 is 0. The molecular formula is C9H14N2O2. The van der Waals surface area contributed by atoms with Crippen molar-refractivity contribution in [2.75, 3.05) is 7.05 Å². The molecule has 1 aromatic heterocycles. The summed E-state index contributed by atoms with van der Waals surface area (Å²) in [5, 5.41) is 3.00. The Morgan fingerprint density at radius 1 is 1.69 bits per heavy atom. The molecule has 72 valence electrons. The molecule has 1 heterocycles. The van der Waals surface area contributed by atoms with Gasteiger partial charge < -0.3 is 14.5 Å². The molecule has 0 spiro atoms. The number of hydrogen-bond acceptors (Lipinski definition) is 4. The predicted octanol–water partition coefficient (Wildman–Crippen LogP) is 1.33. The quantitative estimate of drug-likeness (QED) is 0.763. The summed E-state index contributed by atoms with van der Waals surface area (Å²) in [6, 6.07) is 0. The van der Waals surface area contributed by atoms with Crippen LogP contribution in [-0.4, -0.2) is 18.1 Å². The van der Waals surface area contributed by atoms with Crippen LogP contribution in [0.25, 0.3) is 0 Å². The van der Waals surface area contributed by atoms with Gasteiger partial charge in [0.1, 0.15) is 12.4 Å². The molecule has 1 saturated carbocycles. The number of oxazole rings is 1. The van der Waals surface area contributed by atoms with Gasteiger partial charge in [-0.2, -0.15) is 4.98 Å². The number of nitrogens with zero attached hydrogens (tertiary/aromatic N) is 1. The first kappa shape index (κ1) is 8.56. The van der Waals surface area contributed by atoms with Crippen molar-refractivity contribution in [2.45, 2.75) is 31.9 Å². The second-order valence-electron chi connectivity index (χ2n) is 3.31. The molecule has 1 N–H and O–H groups in total. The molecule has 0 radical (unpaired) electrons. The number of hydrogen-bond donors (Lipinski definition) is 1. The van der Waals surface area contributed by atoms with E-state index < -0.39 is 0 Å². The maximum atomic E-state index is 5.47. The Kier molecular flexibility index (Phi) is 2.49. The lowest BCUT2D eigenvalue weighted by Crippen LogP contribution is -2.24. The minimum atomic E-state index is 0.334. The molecule has 0 saturated heterocycles. The molecule has 1 aliphatic carbocycles. The molecule has 1 aliphatic rings. The van der Waals surface area contributed by atoms with Crippen LogP contribution in [0.4, 0.5) is 0 Å². The molecule has 0 bridgehead atoms. The molecule has 0 atom stereocenters. The number of nitrogens with one attached hydrogen (secondary N) is 1. The number of rotatable bonds is 4. The maximum absolute atomic E-state index is 5.47. The fourth-order valence-electron chi connectivity index (χ4n) is 1.24. The van der Waals surface area contributed by atoms with Crippen molar-refractivity contribution in [2.24, 2.45) is 0 Å². The average Bonchev–Trinajstić information content (AvgIpc) is 2.46. The van der Waals surface area contributed by atoms with E-state index in [2.05, 4.69) is 10.3 Å². The highest BCUT2D eigenvalue weighted by Crippen LogP contribution is 2.24. The first-order chi connectivity index (χ1) is 6.38. The molecule has 4 nitrogen and oxygen atoms in total. The molecule has 0 amide bonds. The highest BCUT2D eigenvalue weighted by atomic mass is 16.6. The third kappa shape index (κ3) is 2.01. The van der Waals surface area contributed by atoms with E-state index in [9.17, 15) is 0 Å². The van der Waals surface area contributed by atoms with E-state index in [1.165, 1.54) is 6.42 Å². The zero-order valence-electron chi connectivity index (χ0n) is 7.75. The maximum Gasteiger partial charge on any atom is 0.394 e. The van der Waals surface area contributed by atoms with Crippen molar-refractivity contribution < 1.29 is 9.15 Å². The van der Waals surface area contributed by atoms with Gasteiger partial charge in [-0.3, -0.25) is 0 Å². The monoisotopic (exact) mass is 182 g/mol.